The normalized spacial score (nSPS) is 10.3. The molecule has 1 aromatic rings. The van der Waals surface area contributed by atoms with Gasteiger partial charge in [0.05, 0.1) is 8.66 Å². The highest BCUT2D eigenvalue weighted by Gasteiger charge is 2.13. The van der Waals surface area contributed by atoms with Crippen LogP contribution in [0.15, 0.2) is 9.85 Å². The number of halogens is 1. The SMILES string of the molecule is CCN(CC)C(=O)CCNC(=O)c1cc(C)c(Br)s1. The zero-order chi connectivity index (χ0) is 14.4. The molecule has 1 N–H and O–H groups in total. The molecular formula is C13H19BrN2O2S. The third-order valence-corrected chi connectivity index (χ3v) is 4.96. The number of nitrogens with zero attached hydrogens (tertiary/aromatic N) is 1. The summed E-state index contributed by atoms with van der Waals surface area (Å²) in [5.74, 6) is -0.0417. The molecule has 2 amide bonds. The number of carbonyl (C=O) groups is 2. The third kappa shape index (κ3) is 4.62. The zero-order valence-corrected chi connectivity index (χ0v) is 13.9. The first-order chi connectivity index (χ1) is 8.99. The van der Waals surface area contributed by atoms with Gasteiger partial charge in [0, 0.05) is 26.1 Å². The van der Waals surface area contributed by atoms with Crippen LogP contribution in [-0.2, 0) is 4.79 Å². The molecule has 0 fully saturated rings. The lowest BCUT2D eigenvalue weighted by atomic mass is 10.3. The fourth-order valence-corrected chi connectivity index (χ4v) is 3.13. The van der Waals surface area contributed by atoms with Crippen LogP contribution < -0.4 is 5.32 Å². The van der Waals surface area contributed by atoms with Crippen LogP contribution in [0.4, 0.5) is 0 Å². The lowest BCUT2D eigenvalue weighted by Gasteiger charge is -2.18. The molecule has 0 bridgehead atoms. The molecule has 0 saturated heterocycles. The molecule has 0 aliphatic heterocycles. The van der Waals surface area contributed by atoms with Gasteiger partial charge in [0.25, 0.3) is 5.91 Å². The predicted octanol–water partition coefficient (Wildman–Crippen LogP) is 2.81. The molecule has 0 unspecified atom stereocenters. The van der Waals surface area contributed by atoms with Crippen LogP contribution in [0.5, 0.6) is 0 Å². The summed E-state index contributed by atoms with van der Waals surface area (Å²) < 4.78 is 0.969. The van der Waals surface area contributed by atoms with Crippen molar-refractivity contribution < 1.29 is 9.59 Å². The quantitative estimate of drug-likeness (QED) is 0.860. The summed E-state index contributed by atoms with van der Waals surface area (Å²) in [7, 11) is 0. The van der Waals surface area contributed by atoms with E-state index in [0.29, 0.717) is 30.9 Å². The first-order valence-corrected chi connectivity index (χ1v) is 7.92. The van der Waals surface area contributed by atoms with Crippen molar-refractivity contribution in [3.63, 3.8) is 0 Å². The molecule has 4 nitrogen and oxygen atoms in total. The van der Waals surface area contributed by atoms with Gasteiger partial charge in [0.1, 0.15) is 0 Å². The maximum absolute atomic E-state index is 11.9. The van der Waals surface area contributed by atoms with E-state index in [2.05, 4.69) is 21.2 Å². The van der Waals surface area contributed by atoms with E-state index in [1.165, 1.54) is 11.3 Å². The molecule has 0 radical (unpaired) electrons. The summed E-state index contributed by atoms with van der Waals surface area (Å²) in [5, 5.41) is 2.78. The van der Waals surface area contributed by atoms with E-state index in [1.54, 1.807) is 4.90 Å². The monoisotopic (exact) mass is 346 g/mol. The first kappa shape index (κ1) is 16.2. The van der Waals surface area contributed by atoms with Crippen LogP contribution in [0.2, 0.25) is 0 Å². The fourth-order valence-electron chi connectivity index (χ4n) is 1.68. The number of carbonyl (C=O) groups excluding carboxylic acids is 2. The highest BCUT2D eigenvalue weighted by Crippen LogP contribution is 2.27. The largest absolute Gasteiger partial charge is 0.351 e. The van der Waals surface area contributed by atoms with E-state index >= 15 is 0 Å². The number of hydrogen-bond donors (Lipinski definition) is 1. The molecule has 106 valence electrons. The minimum atomic E-state index is -0.119. The predicted molar refractivity (Wildman–Crippen MR) is 81.6 cm³/mol. The Kier molecular flexibility index (Phi) is 6.51. The summed E-state index contributed by atoms with van der Waals surface area (Å²) >= 11 is 4.80. The Morgan fingerprint density at radius 1 is 1.37 bits per heavy atom. The molecule has 19 heavy (non-hydrogen) atoms. The molecule has 1 aromatic heterocycles. The molecule has 6 heteroatoms. The molecule has 0 aromatic carbocycles. The van der Waals surface area contributed by atoms with E-state index in [-0.39, 0.29) is 11.8 Å². The van der Waals surface area contributed by atoms with Gasteiger partial charge in [-0.1, -0.05) is 0 Å². The second-order valence-corrected chi connectivity index (χ2v) is 6.51. The van der Waals surface area contributed by atoms with Gasteiger partial charge in [-0.05, 0) is 48.3 Å². The third-order valence-electron chi connectivity index (χ3n) is 2.82. The van der Waals surface area contributed by atoms with Gasteiger partial charge < -0.3 is 10.2 Å². The van der Waals surface area contributed by atoms with Gasteiger partial charge in [-0.25, -0.2) is 0 Å². The molecule has 0 aliphatic carbocycles. The summed E-state index contributed by atoms with van der Waals surface area (Å²) in [6.45, 7) is 7.64. The van der Waals surface area contributed by atoms with Crippen molar-refractivity contribution in [1.82, 2.24) is 10.2 Å². The maximum Gasteiger partial charge on any atom is 0.261 e. The van der Waals surface area contributed by atoms with Crippen LogP contribution in [0.25, 0.3) is 0 Å². The molecule has 0 saturated carbocycles. The average Bonchev–Trinajstić information content (AvgIpc) is 2.71. The Bertz CT molecular complexity index is 436. The highest BCUT2D eigenvalue weighted by molar-refractivity contribution is 9.11. The Morgan fingerprint density at radius 3 is 2.47 bits per heavy atom. The van der Waals surface area contributed by atoms with Crippen molar-refractivity contribution in [1.29, 1.82) is 0 Å². The van der Waals surface area contributed by atoms with Crippen LogP contribution in [0.3, 0.4) is 0 Å². The van der Waals surface area contributed by atoms with Crippen molar-refractivity contribution in [3.8, 4) is 0 Å². The van der Waals surface area contributed by atoms with Crippen LogP contribution in [0, 0.1) is 6.92 Å². The summed E-state index contributed by atoms with van der Waals surface area (Å²) in [6.07, 6.45) is 0.346. The van der Waals surface area contributed by atoms with Crippen molar-refractivity contribution >= 4 is 39.1 Å². The van der Waals surface area contributed by atoms with Crippen LogP contribution in [0.1, 0.15) is 35.5 Å². The second-order valence-electron chi connectivity index (χ2n) is 4.14. The van der Waals surface area contributed by atoms with Crippen molar-refractivity contribution in [2.24, 2.45) is 0 Å². The van der Waals surface area contributed by atoms with E-state index in [4.69, 9.17) is 0 Å². The van der Waals surface area contributed by atoms with E-state index in [0.717, 1.165) is 9.35 Å². The topological polar surface area (TPSA) is 49.4 Å². The second kappa shape index (κ2) is 7.65. The Labute approximate surface area is 126 Å². The summed E-state index contributed by atoms with van der Waals surface area (Å²) in [4.78, 5) is 26.0. The van der Waals surface area contributed by atoms with Gasteiger partial charge in [0.2, 0.25) is 5.91 Å². The number of hydrogen-bond acceptors (Lipinski definition) is 3. The minimum Gasteiger partial charge on any atom is -0.351 e. The van der Waals surface area contributed by atoms with Gasteiger partial charge in [-0.15, -0.1) is 11.3 Å². The number of aryl methyl sites for hydroxylation is 1. The van der Waals surface area contributed by atoms with Crippen molar-refractivity contribution in [3.05, 3.63) is 20.3 Å². The lowest BCUT2D eigenvalue weighted by molar-refractivity contribution is -0.130. The van der Waals surface area contributed by atoms with E-state index in [9.17, 15) is 9.59 Å². The fraction of sp³-hybridized carbons (Fsp3) is 0.538. The summed E-state index contributed by atoms with van der Waals surface area (Å²) in [6, 6.07) is 1.84. The van der Waals surface area contributed by atoms with E-state index in [1.807, 2.05) is 26.8 Å². The average molecular weight is 347 g/mol. The zero-order valence-electron chi connectivity index (χ0n) is 11.5. The standard InChI is InChI=1S/C13H19BrN2O2S/c1-4-16(5-2)11(17)6-7-15-13(18)10-8-9(3)12(14)19-10/h8H,4-7H2,1-3H3,(H,15,18). The van der Waals surface area contributed by atoms with Crippen LogP contribution in [-0.4, -0.2) is 36.3 Å². The van der Waals surface area contributed by atoms with Gasteiger partial charge in [-0.2, -0.15) is 0 Å². The number of amides is 2. The first-order valence-electron chi connectivity index (χ1n) is 6.31. The Morgan fingerprint density at radius 2 is 2.00 bits per heavy atom. The molecule has 1 heterocycles. The molecule has 1 rings (SSSR count). The number of rotatable bonds is 6. The molecule has 0 atom stereocenters. The maximum atomic E-state index is 11.9. The van der Waals surface area contributed by atoms with Crippen molar-refractivity contribution in [2.75, 3.05) is 19.6 Å². The molecule has 0 aliphatic rings. The van der Waals surface area contributed by atoms with Gasteiger partial charge >= 0.3 is 0 Å². The van der Waals surface area contributed by atoms with E-state index < -0.39 is 0 Å². The molecule has 0 spiro atoms. The number of thiophene rings is 1. The lowest BCUT2D eigenvalue weighted by Crippen LogP contribution is -2.34. The van der Waals surface area contributed by atoms with Gasteiger partial charge in [-0.3, -0.25) is 9.59 Å². The number of nitrogens with one attached hydrogen (secondary N) is 1. The van der Waals surface area contributed by atoms with Crippen molar-refractivity contribution in [2.45, 2.75) is 27.2 Å². The Hall–Kier alpha value is -0.880. The van der Waals surface area contributed by atoms with Crippen LogP contribution >= 0.6 is 27.3 Å². The molecular weight excluding hydrogens is 328 g/mol. The smallest absolute Gasteiger partial charge is 0.261 e. The summed E-state index contributed by atoms with van der Waals surface area (Å²) in [5.41, 5.74) is 1.05. The Balaban J connectivity index is 2.41. The minimum absolute atomic E-state index is 0.0776. The highest BCUT2D eigenvalue weighted by atomic mass is 79.9. The van der Waals surface area contributed by atoms with Gasteiger partial charge in [0.15, 0.2) is 0 Å².